The second-order valence-corrected chi connectivity index (χ2v) is 12.5. The Kier molecular flexibility index (Phi) is 12.2. The van der Waals surface area contributed by atoms with Crippen molar-refractivity contribution in [1.82, 2.24) is 5.32 Å². The van der Waals surface area contributed by atoms with Gasteiger partial charge in [-0.15, -0.1) is 0 Å². The van der Waals surface area contributed by atoms with E-state index in [9.17, 15) is 14.4 Å². The molecular weight excluding hydrogens is 610 g/mol. The van der Waals surface area contributed by atoms with Crippen molar-refractivity contribution in [2.24, 2.45) is 0 Å². The molecule has 0 saturated carbocycles. The Labute approximate surface area is 282 Å². The second-order valence-electron chi connectivity index (χ2n) is 12.5. The van der Waals surface area contributed by atoms with Crippen LogP contribution >= 0.6 is 0 Å². The summed E-state index contributed by atoms with van der Waals surface area (Å²) in [5, 5.41) is 2.77. The zero-order valence-corrected chi connectivity index (χ0v) is 28.1. The first-order chi connectivity index (χ1) is 23.0. The summed E-state index contributed by atoms with van der Waals surface area (Å²) in [5.41, 5.74) is 0.416. The number of amides is 1. The summed E-state index contributed by atoms with van der Waals surface area (Å²) in [4.78, 5) is 39.8. The van der Waals surface area contributed by atoms with Gasteiger partial charge >= 0.3 is 18.0 Å². The molecule has 0 aliphatic heterocycles. The lowest BCUT2D eigenvalue weighted by molar-refractivity contribution is -0.150. The van der Waals surface area contributed by atoms with Crippen LogP contribution in [0.25, 0.3) is 0 Å². The third-order valence-electron chi connectivity index (χ3n) is 7.26. The Morgan fingerprint density at radius 3 is 1.79 bits per heavy atom. The minimum atomic E-state index is -1.68. The predicted molar refractivity (Wildman–Crippen MR) is 182 cm³/mol. The van der Waals surface area contributed by atoms with E-state index in [1.165, 1.54) is 7.11 Å². The maximum Gasteiger partial charge on any atom is 0.408 e. The monoisotopic (exact) mass is 653 g/mol. The van der Waals surface area contributed by atoms with Gasteiger partial charge < -0.3 is 29.0 Å². The number of benzene rings is 4. The van der Waals surface area contributed by atoms with Gasteiger partial charge in [0, 0.05) is 12.8 Å². The zero-order chi connectivity index (χ0) is 34.6. The van der Waals surface area contributed by atoms with Crippen molar-refractivity contribution in [3.63, 3.8) is 0 Å². The molecule has 0 bridgehead atoms. The first-order valence-electron chi connectivity index (χ1n) is 15.8. The van der Waals surface area contributed by atoms with Crippen LogP contribution in [0.2, 0.25) is 0 Å². The van der Waals surface area contributed by atoms with Crippen LogP contribution in [0.5, 0.6) is 11.5 Å². The van der Waals surface area contributed by atoms with Crippen LogP contribution in [-0.4, -0.2) is 42.4 Å². The van der Waals surface area contributed by atoms with Crippen LogP contribution in [-0.2, 0) is 38.6 Å². The van der Waals surface area contributed by atoms with Gasteiger partial charge in [-0.2, -0.15) is 0 Å². The normalized spacial score (nSPS) is 12.9. The Morgan fingerprint density at radius 1 is 0.708 bits per heavy atom. The molecular formula is C39H43NO8. The van der Waals surface area contributed by atoms with Gasteiger partial charge in [-0.25, -0.2) is 14.4 Å². The number of nitrogens with one attached hydrogen (secondary N) is 1. The van der Waals surface area contributed by atoms with Crippen molar-refractivity contribution in [2.45, 2.75) is 71.0 Å². The summed E-state index contributed by atoms with van der Waals surface area (Å²) < 4.78 is 29.0. The molecule has 4 aromatic carbocycles. The van der Waals surface area contributed by atoms with E-state index in [0.717, 1.165) is 11.1 Å². The zero-order valence-electron chi connectivity index (χ0n) is 28.1. The Bertz CT molecular complexity index is 1640. The van der Waals surface area contributed by atoms with Crippen LogP contribution in [0.3, 0.4) is 0 Å². The number of alkyl carbamates (subject to hydrolysis) is 1. The fraction of sp³-hybridized carbons (Fsp3) is 0.308. The number of ether oxygens (including phenoxy) is 5. The summed E-state index contributed by atoms with van der Waals surface area (Å²) in [6.07, 6.45) is -1.77. The molecule has 0 aliphatic carbocycles. The molecule has 9 heteroatoms. The largest absolute Gasteiger partial charge is 0.485 e. The number of carbonyl (C=O) groups excluding carboxylic acids is 3. The van der Waals surface area contributed by atoms with Crippen LogP contribution in [0.1, 0.15) is 61.2 Å². The first kappa shape index (κ1) is 35.5. The van der Waals surface area contributed by atoms with Crippen molar-refractivity contribution in [1.29, 1.82) is 0 Å². The van der Waals surface area contributed by atoms with Crippen molar-refractivity contribution in [3.05, 3.63) is 131 Å². The molecule has 0 spiro atoms. The maximum atomic E-state index is 13.7. The highest BCUT2D eigenvalue weighted by Gasteiger charge is 2.44. The smallest absolute Gasteiger partial charge is 0.408 e. The Balaban J connectivity index is 1.67. The van der Waals surface area contributed by atoms with Crippen molar-refractivity contribution >= 4 is 18.0 Å². The minimum Gasteiger partial charge on any atom is -0.485 e. The standard InChI is InChI=1S/C39H43NO8/c1-28(47-35(41)32-19-13-8-14-20-32)24-39(36(42)44-5,40-37(43)48-38(2,3)4)25-31-21-22-33(45-26-29-15-9-6-10-16-29)34(23-31)46-27-30-17-11-7-12-18-30/h6-23,28H,24-27H2,1-5H3,(H,40,43)/t28-,39?/m0/s1. The average molecular weight is 654 g/mol. The molecule has 48 heavy (non-hydrogen) atoms. The lowest BCUT2D eigenvalue weighted by Gasteiger charge is -2.35. The topological polar surface area (TPSA) is 109 Å². The van der Waals surface area contributed by atoms with Crippen LogP contribution in [0.15, 0.2) is 109 Å². The van der Waals surface area contributed by atoms with E-state index in [4.69, 9.17) is 23.7 Å². The summed E-state index contributed by atoms with van der Waals surface area (Å²) in [6.45, 7) is 7.42. The van der Waals surface area contributed by atoms with Crippen molar-refractivity contribution < 1.29 is 38.1 Å². The first-order valence-corrected chi connectivity index (χ1v) is 15.8. The maximum absolute atomic E-state index is 13.7. The molecule has 0 aliphatic rings. The number of methoxy groups -OCH3 is 1. The Morgan fingerprint density at radius 2 is 1.25 bits per heavy atom. The molecule has 1 amide bonds. The summed E-state index contributed by atoms with van der Waals surface area (Å²) in [5.74, 6) is -0.331. The predicted octanol–water partition coefficient (Wildman–Crippen LogP) is 7.46. The number of hydrogen-bond acceptors (Lipinski definition) is 8. The summed E-state index contributed by atoms with van der Waals surface area (Å²) >= 11 is 0. The highest BCUT2D eigenvalue weighted by Crippen LogP contribution is 2.33. The molecule has 0 aromatic heterocycles. The van der Waals surface area contributed by atoms with Gasteiger partial charge in [0.25, 0.3) is 0 Å². The summed E-state index contributed by atoms with van der Waals surface area (Å²) in [6, 6.07) is 33.3. The van der Waals surface area contributed by atoms with E-state index in [1.54, 1.807) is 76.2 Å². The van der Waals surface area contributed by atoms with Gasteiger partial charge in [0.15, 0.2) is 11.5 Å². The average Bonchev–Trinajstić information content (AvgIpc) is 3.06. The van der Waals surface area contributed by atoms with Crippen LogP contribution in [0.4, 0.5) is 4.79 Å². The van der Waals surface area contributed by atoms with E-state index in [0.29, 0.717) is 29.2 Å². The van der Waals surface area contributed by atoms with Gasteiger partial charge in [-0.3, -0.25) is 0 Å². The van der Waals surface area contributed by atoms with Gasteiger partial charge in [0.05, 0.1) is 12.7 Å². The number of carbonyl (C=O) groups is 3. The molecule has 2 atom stereocenters. The third-order valence-corrected chi connectivity index (χ3v) is 7.26. The SMILES string of the molecule is COC(=O)C(Cc1ccc(OCc2ccccc2)c(OCc2ccccc2)c1)(C[C@H](C)OC(=O)c1ccccc1)NC(=O)OC(C)(C)C. The third kappa shape index (κ3) is 10.6. The Hall–Kier alpha value is -5.31. The van der Waals surface area contributed by atoms with E-state index >= 15 is 0 Å². The van der Waals surface area contributed by atoms with Gasteiger partial charge in [0.2, 0.25) is 0 Å². The van der Waals surface area contributed by atoms with Crippen molar-refractivity contribution in [2.75, 3.05) is 7.11 Å². The van der Waals surface area contributed by atoms with E-state index in [1.807, 2.05) is 60.7 Å². The number of hydrogen-bond donors (Lipinski definition) is 1. The molecule has 0 heterocycles. The van der Waals surface area contributed by atoms with Crippen molar-refractivity contribution in [3.8, 4) is 11.5 Å². The molecule has 252 valence electrons. The van der Waals surface area contributed by atoms with E-state index in [2.05, 4.69) is 5.32 Å². The molecule has 1 N–H and O–H groups in total. The second kappa shape index (κ2) is 16.5. The number of rotatable bonds is 14. The molecule has 1 unspecified atom stereocenters. The highest BCUT2D eigenvalue weighted by atomic mass is 16.6. The molecule has 0 saturated heterocycles. The molecule has 4 aromatic rings. The molecule has 0 fully saturated rings. The number of esters is 2. The molecule has 0 radical (unpaired) electrons. The van der Waals surface area contributed by atoms with E-state index in [-0.39, 0.29) is 19.4 Å². The van der Waals surface area contributed by atoms with Crippen LogP contribution < -0.4 is 14.8 Å². The molecule has 4 rings (SSSR count). The van der Waals surface area contributed by atoms with Gasteiger partial charge in [-0.1, -0.05) is 84.9 Å². The van der Waals surface area contributed by atoms with E-state index < -0.39 is 35.3 Å². The van der Waals surface area contributed by atoms with Crippen LogP contribution in [0, 0.1) is 0 Å². The lowest BCUT2D eigenvalue weighted by atomic mass is 9.85. The summed E-state index contributed by atoms with van der Waals surface area (Å²) in [7, 11) is 1.24. The van der Waals surface area contributed by atoms with Gasteiger partial charge in [-0.05, 0) is 68.7 Å². The molecule has 9 nitrogen and oxygen atoms in total. The quantitative estimate of drug-likeness (QED) is 0.110. The fourth-order valence-corrected chi connectivity index (χ4v) is 5.14. The minimum absolute atomic E-state index is 0.0349. The van der Waals surface area contributed by atoms with Gasteiger partial charge in [0.1, 0.15) is 30.5 Å². The fourth-order valence-electron chi connectivity index (χ4n) is 5.14. The lowest BCUT2D eigenvalue weighted by Crippen LogP contribution is -2.59. The highest BCUT2D eigenvalue weighted by molar-refractivity contribution is 5.89.